The van der Waals surface area contributed by atoms with Crippen molar-refractivity contribution < 1.29 is 22.4 Å². The lowest BCUT2D eigenvalue weighted by molar-refractivity contribution is 0.0479. The number of hydrogen-bond donors (Lipinski definition) is 0. The van der Waals surface area contributed by atoms with E-state index in [1.54, 1.807) is 6.92 Å². The minimum atomic E-state index is -3.25. The molecule has 0 aromatic carbocycles. The molecule has 0 atom stereocenters. The summed E-state index contributed by atoms with van der Waals surface area (Å²) in [6.45, 7) is 1.81. The number of aromatic nitrogens is 2. The predicted molar refractivity (Wildman–Crippen MR) is 48.8 cm³/mol. The molecular formula is C7H10N2O5S. The van der Waals surface area contributed by atoms with Crippen molar-refractivity contribution in [3.8, 4) is 0 Å². The molecule has 7 nitrogen and oxygen atoms in total. The highest BCUT2D eigenvalue weighted by atomic mass is 32.2. The van der Waals surface area contributed by atoms with Crippen molar-refractivity contribution in [2.75, 3.05) is 12.9 Å². The molecular weight excluding hydrogens is 224 g/mol. The van der Waals surface area contributed by atoms with E-state index in [9.17, 15) is 13.2 Å². The molecule has 0 amide bonds. The first-order valence-corrected chi connectivity index (χ1v) is 6.15. The standard InChI is InChI=1S/C7H10N2O5S/c1-3-13-7(10)6-9-8-5(14-6)4-15(2,11)12/h3-4H2,1-2H3. The van der Waals surface area contributed by atoms with Gasteiger partial charge in [0.15, 0.2) is 9.84 Å². The summed E-state index contributed by atoms with van der Waals surface area (Å²) in [6.07, 6.45) is 1.03. The summed E-state index contributed by atoms with van der Waals surface area (Å²) >= 11 is 0. The molecule has 1 rings (SSSR count). The van der Waals surface area contributed by atoms with Crippen LogP contribution < -0.4 is 0 Å². The van der Waals surface area contributed by atoms with Crippen LogP contribution in [0.4, 0.5) is 0 Å². The number of sulfone groups is 1. The number of carbonyl (C=O) groups is 1. The fourth-order valence-corrected chi connectivity index (χ4v) is 1.38. The first-order valence-electron chi connectivity index (χ1n) is 4.09. The summed E-state index contributed by atoms with van der Waals surface area (Å²) in [5.41, 5.74) is 0. The topological polar surface area (TPSA) is 99.4 Å². The van der Waals surface area contributed by atoms with Gasteiger partial charge in [-0.1, -0.05) is 0 Å². The molecule has 0 spiro atoms. The van der Waals surface area contributed by atoms with Crippen molar-refractivity contribution in [3.63, 3.8) is 0 Å². The van der Waals surface area contributed by atoms with Crippen LogP contribution in [-0.2, 0) is 20.3 Å². The molecule has 0 saturated carbocycles. The molecule has 8 heteroatoms. The predicted octanol–water partition coefficient (Wildman–Crippen LogP) is -0.209. The summed E-state index contributed by atoms with van der Waals surface area (Å²) in [4.78, 5) is 11.1. The van der Waals surface area contributed by atoms with Crippen LogP contribution in [0.1, 0.15) is 23.5 Å². The zero-order valence-corrected chi connectivity index (χ0v) is 9.07. The van der Waals surface area contributed by atoms with Crippen LogP contribution in [-0.4, -0.2) is 37.4 Å². The quantitative estimate of drug-likeness (QED) is 0.664. The second-order valence-electron chi connectivity index (χ2n) is 2.79. The van der Waals surface area contributed by atoms with Gasteiger partial charge in [0.1, 0.15) is 5.75 Å². The number of hydrogen-bond acceptors (Lipinski definition) is 7. The number of esters is 1. The third-order valence-corrected chi connectivity index (χ3v) is 2.07. The minimum Gasteiger partial charge on any atom is -0.459 e. The molecule has 0 radical (unpaired) electrons. The van der Waals surface area contributed by atoms with Crippen LogP contribution in [0.15, 0.2) is 4.42 Å². The molecule has 15 heavy (non-hydrogen) atoms. The van der Waals surface area contributed by atoms with Gasteiger partial charge in [-0.05, 0) is 6.92 Å². The molecule has 0 aliphatic carbocycles. The summed E-state index contributed by atoms with van der Waals surface area (Å²) in [5, 5.41) is 6.77. The molecule has 1 aromatic heterocycles. The van der Waals surface area contributed by atoms with Crippen LogP contribution in [0.3, 0.4) is 0 Å². The summed E-state index contributed by atoms with van der Waals surface area (Å²) in [6, 6.07) is 0. The molecule has 0 fully saturated rings. The van der Waals surface area contributed by atoms with E-state index in [0.29, 0.717) is 0 Å². The molecule has 0 bridgehead atoms. The van der Waals surface area contributed by atoms with Gasteiger partial charge in [0, 0.05) is 6.26 Å². The van der Waals surface area contributed by atoms with E-state index in [0.717, 1.165) is 6.26 Å². The Labute approximate surface area is 86.4 Å². The fourth-order valence-electron chi connectivity index (χ4n) is 0.812. The van der Waals surface area contributed by atoms with Gasteiger partial charge < -0.3 is 9.15 Å². The Morgan fingerprint density at radius 3 is 2.67 bits per heavy atom. The van der Waals surface area contributed by atoms with Gasteiger partial charge in [-0.3, -0.25) is 0 Å². The minimum absolute atomic E-state index is 0.124. The van der Waals surface area contributed by atoms with Crippen LogP contribution in [0.25, 0.3) is 0 Å². The van der Waals surface area contributed by atoms with E-state index < -0.39 is 15.8 Å². The zero-order chi connectivity index (χ0) is 11.5. The Morgan fingerprint density at radius 2 is 2.13 bits per heavy atom. The van der Waals surface area contributed by atoms with Crippen molar-refractivity contribution in [1.82, 2.24) is 10.2 Å². The Kier molecular flexibility index (Phi) is 3.40. The van der Waals surface area contributed by atoms with Gasteiger partial charge >= 0.3 is 11.9 Å². The monoisotopic (exact) mass is 234 g/mol. The van der Waals surface area contributed by atoms with Gasteiger partial charge in [0.2, 0.25) is 5.89 Å². The van der Waals surface area contributed by atoms with Gasteiger partial charge in [-0.25, -0.2) is 13.2 Å². The molecule has 84 valence electrons. The van der Waals surface area contributed by atoms with Crippen molar-refractivity contribution in [1.29, 1.82) is 0 Å². The molecule has 0 aliphatic rings. The lowest BCUT2D eigenvalue weighted by Gasteiger charge is -1.94. The third-order valence-electron chi connectivity index (χ3n) is 1.30. The summed E-state index contributed by atoms with van der Waals surface area (Å²) in [5.74, 6) is -1.61. The van der Waals surface area contributed by atoms with E-state index in [1.165, 1.54) is 0 Å². The smallest absolute Gasteiger partial charge is 0.396 e. The third kappa shape index (κ3) is 3.66. The number of nitrogens with zero attached hydrogens (tertiary/aromatic N) is 2. The first kappa shape index (κ1) is 11.6. The van der Waals surface area contributed by atoms with Crippen LogP contribution in [0.2, 0.25) is 0 Å². The van der Waals surface area contributed by atoms with E-state index in [1.807, 2.05) is 0 Å². The Morgan fingerprint density at radius 1 is 1.47 bits per heavy atom. The SMILES string of the molecule is CCOC(=O)c1nnc(CS(C)(=O)=O)o1. The molecule has 0 aliphatic heterocycles. The average Bonchev–Trinajstić information content (AvgIpc) is 2.50. The van der Waals surface area contributed by atoms with Crippen LogP contribution in [0.5, 0.6) is 0 Å². The molecule has 0 unspecified atom stereocenters. The normalized spacial score (nSPS) is 11.3. The van der Waals surface area contributed by atoms with E-state index in [-0.39, 0.29) is 24.1 Å². The van der Waals surface area contributed by atoms with Gasteiger partial charge in [-0.15, -0.1) is 10.2 Å². The lowest BCUT2D eigenvalue weighted by Crippen LogP contribution is -2.04. The first-order chi connectivity index (χ1) is 6.92. The molecule has 1 aromatic rings. The van der Waals surface area contributed by atoms with E-state index in [2.05, 4.69) is 14.9 Å². The van der Waals surface area contributed by atoms with Crippen LogP contribution in [0, 0.1) is 0 Å². The average molecular weight is 234 g/mol. The van der Waals surface area contributed by atoms with Crippen LogP contribution >= 0.6 is 0 Å². The van der Waals surface area contributed by atoms with E-state index >= 15 is 0 Å². The summed E-state index contributed by atoms with van der Waals surface area (Å²) in [7, 11) is -3.25. The Bertz CT molecular complexity index is 450. The maximum atomic E-state index is 11.1. The van der Waals surface area contributed by atoms with Gasteiger partial charge in [-0.2, -0.15) is 0 Å². The maximum absolute atomic E-state index is 11.1. The highest BCUT2D eigenvalue weighted by molar-refractivity contribution is 7.89. The number of rotatable bonds is 4. The number of carbonyl (C=O) groups excluding carboxylic acids is 1. The van der Waals surface area contributed by atoms with Crippen molar-refractivity contribution in [3.05, 3.63) is 11.8 Å². The van der Waals surface area contributed by atoms with E-state index in [4.69, 9.17) is 4.42 Å². The maximum Gasteiger partial charge on any atom is 0.396 e. The summed E-state index contributed by atoms with van der Waals surface area (Å²) < 4.78 is 31.1. The molecule has 1 heterocycles. The fraction of sp³-hybridized carbons (Fsp3) is 0.571. The number of ether oxygens (including phenoxy) is 1. The van der Waals surface area contributed by atoms with Crippen molar-refractivity contribution in [2.24, 2.45) is 0 Å². The molecule has 0 saturated heterocycles. The highest BCUT2D eigenvalue weighted by Crippen LogP contribution is 2.05. The Balaban J connectivity index is 2.77. The highest BCUT2D eigenvalue weighted by Gasteiger charge is 2.18. The van der Waals surface area contributed by atoms with Gasteiger partial charge in [0.25, 0.3) is 0 Å². The molecule has 0 N–H and O–H groups in total. The van der Waals surface area contributed by atoms with Gasteiger partial charge in [0.05, 0.1) is 6.61 Å². The zero-order valence-electron chi connectivity index (χ0n) is 8.26. The Hall–Kier alpha value is -1.44. The van der Waals surface area contributed by atoms with Crippen molar-refractivity contribution >= 4 is 15.8 Å². The lowest BCUT2D eigenvalue weighted by atomic mass is 10.7. The second kappa shape index (κ2) is 4.39. The largest absolute Gasteiger partial charge is 0.459 e. The second-order valence-corrected chi connectivity index (χ2v) is 4.93. The van der Waals surface area contributed by atoms with Crippen molar-refractivity contribution in [2.45, 2.75) is 12.7 Å².